The molecular weight excluding hydrogens is 248 g/mol. The van der Waals surface area contributed by atoms with Crippen LogP contribution in [0.5, 0.6) is 0 Å². The lowest BCUT2D eigenvalue weighted by molar-refractivity contribution is 0.0718. The molecule has 1 amide bonds. The van der Waals surface area contributed by atoms with E-state index in [1.165, 1.54) is 12.8 Å². The minimum absolute atomic E-state index is 0.0338. The van der Waals surface area contributed by atoms with E-state index in [1.54, 1.807) is 17.0 Å². The van der Waals surface area contributed by atoms with Crippen LogP contribution in [0.3, 0.4) is 0 Å². The van der Waals surface area contributed by atoms with Crippen molar-refractivity contribution in [3.05, 3.63) is 34.3 Å². The van der Waals surface area contributed by atoms with Gasteiger partial charge in [-0.05, 0) is 49.4 Å². The summed E-state index contributed by atoms with van der Waals surface area (Å²) in [5, 5.41) is 0.657. The minimum Gasteiger partial charge on any atom is -0.337 e. The van der Waals surface area contributed by atoms with E-state index in [0.29, 0.717) is 23.0 Å². The second-order valence-electron chi connectivity index (χ2n) is 5.02. The van der Waals surface area contributed by atoms with Gasteiger partial charge < -0.3 is 10.6 Å². The van der Waals surface area contributed by atoms with Crippen molar-refractivity contribution in [3.8, 4) is 0 Å². The number of amides is 1. The van der Waals surface area contributed by atoms with Crippen LogP contribution >= 0.6 is 11.6 Å². The van der Waals surface area contributed by atoms with Gasteiger partial charge >= 0.3 is 0 Å². The molecule has 1 saturated carbocycles. The van der Waals surface area contributed by atoms with Gasteiger partial charge in [-0.1, -0.05) is 11.6 Å². The number of hydrogen-bond acceptors (Lipinski definition) is 2. The lowest BCUT2D eigenvalue weighted by Crippen LogP contribution is -2.43. The van der Waals surface area contributed by atoms with Gasteiger partial charge in [0.2, 0.25) is 0 Å². The largest absolute Gasteiger partial charge is 0.337 e. The van der Waals surface area contributed by atoms with Gasteiger partial charge in [-0.25, -0.2) is 0 Å². The quantitative estimate of drug-likeness (QED) is 0.910. The zero-order valence-corrected chi connectivity index (χ0v) is 11.6. The maximum atomic E-state index is 12.4. The molecule has 1 atom stereocenters. The molecular formula is C14H19ClN2O. The predicted octanol–water partition coefficient (Wildman–Crippen LogP) is 2.46. The maximum Gasteiger partial charge on any atom is 0.254 e. The molecule has 1 unspecified atom stereocenters. The van der Waals surface area contributed by atoms with Gasteiger partial charge in [-0.15, -0.1) is 0 Å². The van der Waals surface area contributed by atoms with Crippen molar-refractivity contribution in [2.75, 3.05) is 13.6 Å². The van der Waals surface area contributed by atoms with E-state index in [4.69, 9.17) is 17.3 Å². The van der Waals surface area contributed by atoms with Gasteiger partial charge in [0.25, 0.3) is 5.91 Å². The Labute approximate surface area is 113 Å². The molecule has 0 saturated heterocycles. The molecule has 1 aliphatic rings. The number of nitrogens with zero attached hydrogens (tertiary/aromatic N) is 1. The Morgan fingerprint density at radius 3 is 2.72 bits per heavy atom. The molecule has 98 valence electrons. The van der Waals surface area contributed by atoms with E-state index >= 15 is 0 Å². The third-order valence-electron chi connectivity index (χ3n) is 3.64. The first kappa shape index (κ1) is 13.4. The Bertz CT molecular complexity index is 457. The van der Waals surface area contributed by atoms with Gasteiger partial charge in [0.05, 0.1) is 0 Å². The van der Waals surface area contributed by atoms with Crippen LogP contribution in [0, 0.1) is 12.8 Å². The van der Waals surface area contributed by atoms with E-state index in [-0.39, 0.29) is 11.9 Å². The smallest absolute Gasteiger partial charge is 0.254 e. The molecule has 18 heavy (non-hydrogen) atoms. The Kier molecular flexibility index (Phi) is 3.93. The lowest BCUT2D eigenvalue weighted by atomic mass is 10.1. The highest BCUT2D eigenvalue weighted by molar-refractivity contribution is 6.30. The van der Waals surface area contributed by atoms with Crippen molar-refractivity contribution in [1.29, 1.82) is 0 Å². The fourth-order valence-corrected chi connectivity index (χ4v) is 2.58. The SMILES string of the molecule is Cc1cc(Cl)ccc1C(=O)N(C)C(CN)C1CC1. The van der Waals surface area contributed by atoms with E-state index in [0.717, 1.165) is 5.56 Å². The number of hydrogen-bond donors (Lipinski definition) is 1. The number of aryl methyl sites for hydroxylation is 1. The van der Waals surface area contributed by atoms with Crippen LogP contribution in [0.25, 0.3) is 0 Å². The average Bonchev–Trinajstić information content (AvgIpc) is 3.13. The Morgan fingerprint density at radius 2 is 2.22 bits per heavy atom. The summed E-state index contributed by atoms with van der Waals surface area (Å²) in [5.74, 6) is 0.614. The molecule has 1 aromatic carbocycles. The first-order chi connectivity index (χ1) is 8.54. The standard InChI is InChI=1S/C14H19ClN2O/c1-9-7-11(15)5-6-12(9)14(18)17(2)13(8-16)10-3-4-10/h5-7,10,13H,3-4,8,16H2,1-2H3. The summed E-state index contributed by atoms with van der Waals surface area (Å²) >= 11 is 5.91. The van der Waals surface area contributed by atoms with E-state index < -0.39 is 0 Å². The molecule has 0 aliphatic heterocycles. The fourth-order valence-electron chi connectivity index (χ4n) is 2.36. The number of likely N-dealkylation sites (N-methyl/N-ethyl adjacent to an activating group) is 1. The molecule has 0 spiro atoms. The predicted molar refractivity (Wildman–Crippen MR) is 73.8 cm³/mol. The first-order valence-corrected chi connectivity index (χ1v) is 6.65. The van der Waals surface area contributed by atoms with Gasteiger partial charge in [-0.3, -0.25) is 4.79 Å². The minimum atomic E-state index is 0.0338. The van der Waals surface area contributed by atoms with Crippen LogP contribution in [0.2, 0.25) is 5.02 Å². The Morgan fingerprint density at radius 1 is 1.56 bits per heavy atom. The number of rotatable bonds is 4. The zero-order chi connectivity index (χ0) is 13.3. The lowest BCUT2D eigenvalue weighted by Gasteiger charge is -2.27. The molecule has 1 aromatic rings. The van der Waals surface area contributed by atoms with E-state index in [9.17, 15) is 4.79 Å². The molecule has 1 aliphatic carbocycles. The zero-order valence-electron chi connectivity index (χ0n) is 10.8. The summed E-state index contributed by atoms with van der Waals surface area (Å²) in [6, 6.07) is 5.52. The highest BCUT2D eigenvalue weighted by Gasteiger charge is 2.35. The molecule has 0 radical (unpaired) electrons. The monoisotopic (exact) mass is 266 g/mol. The molecule has 0 bridgehead atoms. The van der Waals surface area contributed by atoms with Crippen LogP contribution in [0.4, 0.5) is 0 Å². The van der Waals surface area contributed by atoms with Crippen molar-refractivity contribution < 1.29 is 4.79 Å². The van der Waals surface area contributed by atoms with Gasteiger partial charge in [0, 0.05) is 30.2 Å². The molecule has 1 fully saturated rings. The highest BCUT2D eigenvalue weighted by atomic mass is 35.5. The molecule has 4 heteroatoms. The molecule has 0 aromatic heterocycles. The van der Waals surface area contributed by atoms with Crippen molar-refractivity contribution >= 4 is 17.5 Å². The normalized spacial score (nSPS) is 16.4. The fraction of sp³-hybridized carbons (Fsp3) is 0.500. The number of nitrogens with two attached hydrogens (primary N) is 1. The molecule has 3 nitrogen and oxygen atoms in total. The van der Waals surface area contributed by atoms with Crippen LogP contribution in [0.15, 0.2) is 18.2 Å². The summed E-state index contributed by atoms with van der Waals surface area (Å²) in [6.45, 7) is 2.43. The third-order valence-corrected chi connectivity index (χ3v) is 3.88. The van der Waals surface area contributed by atoms with Crippen LogP contribution in [-0.2, 0) is 0 Å². The summed E-state index contributed by atoms with van der Waals surface area (Å²) in [6.07, 6.45) is 2.36. The van der Waals surface area contributed by atoms with Gasteiger partial charge in [0.15, 0.2) is 0 Å². The third kappa shape index (κ3) is 2.68. The van der Waals surface area contributed by atoms with Crippen LogP contribution < -0.4 is 5.73 Å². The number of carbonyl (C=O) groups excluding carboxylic acids is 1. The average molecular weight is 267 g/mol. The van der Waals surface area contributed by atoms with Crippen LogP contribution in [-0.4, -0.2) is 30.4 Å². The summed E-state index contributed by atoms with van der Waals surface area (Å²) in [5.41, 5.74) is 7.40. The second kappa shape index (κ2) is 5.29. The summed E-state index contributed by atoms with van der Waals surface area (Å²) in [7, 11) is 1.84. The first-order valence-electron chi connectivity index (χ1n) is 6.28. The number of carbonyl (C=O) groups is 1. The van der Waals surface area contributed by atoms with Crippen molar-refractivity contribution in [2.24, 2.45) is 11.7 Å². The van der Waals surface area contributed by atoms with E-state index in [1.807, 2.05) is 20.0 Å². The Hall–Kier alpha value is -1.06. The van der Waals surface area contributed by atoms with Gasteiger partial charge in [-0.2, -0.15) is 0 Å². The van der Waals surface area contributed by atoms with Gasteiger partial charge in [0.1, 0.15) is 0 Å². The number of benzene rings is 1. The van der Waals surface area contributed by atoms with Crippen LogP contribution in [0.1, 0.15) is 28.8 Å². The molecule has 2 rings (SSSR count). The second-order valence-corrected chi connectivity index (χ2v) is 5.45. The van der Waals surface area contributed by atoms with Crippen molar-refractivity contribution in [1.82, 2.24) is 4.90 Å². The van der Waals surface area contributed by atoms with Crippen molar-refractivity contribution in [3.63, 3.8) is 0 Å². The maximum absolute atomic E-state index is 12.4. The molecule has 2 N–H and O–H groups in total. The van der Waals surface area contributed by atoms with E-state index in [2.05, 4.69) is 0 Å². The molecule has 0 heterocycles. The summed E-state index contributed by atoms with van der Waals surface area (Å²) in [4.78, 5) is 14.2. The number of halogens is 1. The topological polar surface area (TPSA) is 46.3 Å². The Balaban J connectivity index is 2.19. The van der Waals surface area contributed by atoms with Crippen molar-refractivity contribution in [2.45, 2.75) is 25.8 Å². The highest BCUT2D eigenvalue weighted by Crippen LogP contribution is 2.35. The summed E-state index contributed by atoms with van der Waals surface area (Å²) < 4.78 is 0.